The van der Waals surface area contributed by atoms with Gasteiger partial charge >= 0.3 is 6.09 Å². The maximum atomic E-state index is 12.9. The molecule has 2 amide bonds. The van der Waals surface area contributed by atoms with Gasteiger partial charge in [-0.15, -0.1) is 22.7 Å². The Morgan fingerprint density at radius 3 is 2.61 bits per heavy atom. The zero-order valence-corrected chi connectivity index (χ0v) is 20.7. The van der Waals surface area contributed by atoms with Gasteiger partial charge < -0.3 is 15.0 Å². The highest BCUT2D eigenvalue weighted by Crippen LogP contribution is 2.42. The molecule has 0 unspecified atom stereocenters. The van der Waals surface area contributed by atoms with Crippen molar-refractivity contribution in [2.24, 2.45) is 0 Å². The predicted octanol–water partition coefficient (Wildman–Crippen LogP) is 4.94. The number of piperazine rings is 1. The van der Waals surface area contributed by atoms with E-state index < -0.39 is 0 Å². The number of aryl methyl sites for hydroxylation is 1. The third-order valence-corrected chi connectivity index (χ3v) is 7.89. The molecule has 0 saturated carbocycles. The molecule has 1 atom stereocenters. The lowest BCUT2D eigenvalue weighted by Crippen LogP contribution is -2.50. The molecular weight excluding hydrogens is 456 g/mol. The zero-order valence-electron chi connectivity index (χ0n) is 19.0. The minimum atomic E-state index is -0.262. The number of hydrogen-bond donors (Lipinski definition) is 1. The van der Waals surface area contributed by atoms with Crippen LogP contribution in [0.1, 0.15) is 44.2 Å². The van der Waals surface area contributed by atoms with E-state index in [2.05, 4.69) is 35.1 Å². The number of hydrogen-bond acceptors (Lipinski definition) is 7. The van der Waals surface area contributed by atoms with Crippen LogP contribution in [0.4, 0.5) is 9.80 Å². The van der Waals surface area contributed by atoms with Gasteiger partial charge in [-0.3, -0.25) is 14.7 Å². The Bertz CT molecular complexity index is 1090. The highest BCUT2D eigenvalue weighted by molar-refractivity contribution is 7.17. The first kappa shape index (κ1) is 23.4. The van der Waals surface area contributed by atoms with Crippen LogP contribution in [0.3, 0.4) is 0 Å². The van der Waals surface area contributed by atoms with E-state index in [-0.39, 0.29) is 18.0 Å². The molecule has 3 aromatic rings. The fourth-order valence-corrected chi connectivity index (χ4v) is 5.82. The number of nitrogens with one attached hydrogen (secondary N) is 1. The number of thiophene rings is 2. The van der Waals surface area contributed by atoms with Gasteiger partial charge in [-0.25, -0.2) is 4.79 Å². The molecule has 174 valence electrons. The Morgan fingerprint density at radius 1 is 1.18 bits per heavy atom. The molecule has 9 heteroatoms. The molecule has 0 aliphatic carbocycles. The molecule has 0 spiro atoms. The molecule has 4 heterocycles. The van der Waals surface area contributed by atoms with Crippen molar-refractivity contribution in [3.63, 3.8) is 0 Å². The number of ether oxygens (including phenoxy) is 1. The summed E-state index contributed by atoms with van der Waals surface area (Å²) in [6.45, 7) is 8.97. The Hall–Kier alpha value is -2.75. The molecule has 1 fully saturated rings. The fraction of sp³-hybridized carbons (Fsp3) is 0.375. The quantitative estimate of drug-likeness (QED) is 0.537. The zero-order chi connectivity index (χ0) is 23.4. The molecule has 0 aromatic carbocycles. The third kappa shape index (κ3) is 5.10. The van der Waals surface area contributed by atoms with Gasteiger partial charge in [0.15, 0.2) is 0 Å². The van der Waals surface area contributed by atoms with E-state index >= 15 is 0 Å². The highest BCUT2D eigenvalue weighted by Gasteiger charge is 2.33. The molecule has 1 saturated heterocycles. The van der Waals surface area contributed by atoms with Gasteiger partial charge in [-0.2, -0.15) is 0 Å². The van der Waals surface area contributed by atoms with Crippen LogP contribution in [0.5, 0.6) is 0 Å². The van der Waals surface area contributed by atoms with Gasteiger partial charge in [-0.05, 0) is 49.4 Å². The first-order chi connectivity index (χ1) is 16.0. The fourth-order valence-electron chi connectivity index (χ4n) is 4.11. The van der Waals surface area contributed by atoms with Crippen LogP contribution in [-0.4, -0.2) is 59.6 Å². The van der Waals surface area contributed by atoms with E-state index in [1.54, 1.807) is 22.4 Å². The number of aromatic nitrogens is 1. The maximum Gasteiger partial charge on any atom is 0.409 e. The lowest BCUT2D eigenvalue weighted by molar-refractivity contribution is 0.0714. The smallest absolute Gasteiger partial charge is 0.409 e. The van der Waals surface area contributed by atoms with E-state index in [0.717, 1.165) is 16.1 Å². The summed E-state index contributed by atoms with van der Waals surface area (Å²) >= 11 is 3.04. The average Bonchev–Trinajstić information content (AvgIpc) is 3.46. The number of nitrogens with zero attached hydrogens (tertiary/aromatic N) is 3. The largest absolute Gasteiger partial charge is 0.450 e. The van der Waals surface area contributed by atoms with Crippen molar-refractivity contribution in [3.05, 3.63) is 68.5 Å². The van der Waals surface area contributed by atoms with Gasteiger partial charge in [0, 0.05) is 49.0 Å². The molecule has 1 aliphatic rings. The van der Waals surface area contributed by atoms with E-state index in [9.17, 15) is 9.59 Å². The van der Waals surface area contributed by atoms with Gasteiger partial charge in [0.2, 0.25) is 0 Å². The van der Waals surface area contributed by atoms with E-state index in [0.29, 0.717) is 37.7 Å². The van der Waals surface area contributed by atoms with Crippen LogP contribution < -0.4 is 5.32 Å². The Labute approximate surface area is 202 Å². The summed E-state index contributed by atoms with van der Waals surface area (Å²) in [6, 6.07) is 7.65. The average molecular weight is 485 g/mol. The SMILES string of the molecule is CCOC(=O)N1CCN([C@H](c2cccnc2)c2c(NC(=O)c3cccs3)sc(C)c2C)CC1. The van der Waals surface area contributed by atoms with Crippen molar-refractivity contribution in [1.82, 2.24) is 14.8 Å². The number of anilines is 1. The van der Waals surface area contributed by atoms with Crippen LogP contribution >= 0.6 is 22.7 Å². The minimum absolute atomic E-state index is 0.0772. The molecule has 0 radical (unpaired) electrons. The standard InChI is InChI=1S/C24H28N4O3S2/c1-4-31-24(30)28-12-10-27(11-13-28)21(18-7-5-9-25-15-18)20-16(2)17(3)33-23(20)26-22(29)19-8-6-14-32-19/h5-9,14-15,21H,4,10-13H2,1-3H3,(H,26,29)/t21-/m1/s1. The molecule has 1 aliphatic heterocycles. The molecule has 1 N–H and O–H groups in total. The van der Waals surface area contributed by atoms with Crippen molar-refractivity contribution in [3.8, 4) is 0 Å². The van der Waals surface area contributed by atoms with Gasteiger partial charge in [0.25, 0.3) is 5.91 Å². The van der Waals surface area contributed by atoms with Crippen LogP contribution in [0.25, 0.3) is 0 Å². The normalized spacial score (nSPS) is 15.3. The summed E-state index contributed by atoms with van der Waals surface area (Å²) in [5, 5.41) is 5.94. The number of amides is 2. The maximum absolute atomic E-state index is 12.9. The number of carbonyl (C=O) groups is 2. The van der Waals surface area contributed by atoms with Gasteiger partial charge in [-0.1, -0.05) is 12.1 Å². The molecule has 7 nitrogen and oxygen atoms in total. The van der Waals surface area contributed by atoms with Gasteiger partial charge in [0.05, 0.1) is 17.5 Å². The van der Waals surface area contributed by atoms with Crippen molar-refractivity contribution in [2.75, 3.05) is 38.1 Å². The minimum Gasteiger partial charge on any atom is -0.450 e. The summed E-state index contributed by atoms with van der Waals surface area (Å²) in [4.78, 5) is 35.4. The topological polar surface area (TPSA) is 74.8 Å². The first-order valence-electron chi connectivity index (χ1n) is 11.0. The number of pyridine rings is 1. The molecule has 33 heavy (non-hydrogen) atoms. The second-order valence-corrected chi connectivity index (χ2v) is 10.0. The highest BCUT2D eigenvalue weighted by atomic mass is 32.1. The van der Waals surface area contributed by atoms with E-state index in [1.165, 1.54) is 21.8 Å². The molecule has 4 rings (SSSR count). The summed E-state index contributed by atoms with van der Waals surface area (Å²) < 4.78 is 5.18. The molecule has 0 bridgehead atoms. The Morgan fingerprint density at radius 2 is 1.97 bits per heavy atom. The van der Waals surface area contributed by atoms with E-state index in [4.69, 9.17) is 4.74 Å². The Kier molecular flexibility index (Phi) is 7.42. The van der Waals surface area contributed by atoms with Crippen molar-refractivity contribution < 1.29 is 14.3 Å². The van der Waals surface area contributed by atoms with Gasteiger partial charge in [0.1, 0.15) is 5.00 Å². The third-order valence-electron chi connectivity index (χ3n) is 5.88. The van der Waals surface area contributed by atoms with E-state index in [1.807, 2.05) is 36.7 Å². The lowest BCUT2D eigenvalue weighted by atomic mass is 9.95. The molecular formula is C24H28N4O3S2. The second kappa shape index (κ2) is 10.5. The van der Waals surface area contributed by atoms with Crippen molar-refractivity contribution >= 4 is 39.7 Å². The van der Waals surface area contributed by atoms with Crippen LogP contribution in [0, 0.1) is 13.8 Å². The van der Waals surface area contributed by atoms with Crippen molar-refractivity contribution in [1.29, 1.82) is 0 Å². The Balaban J connectivity index is 1.66. The predicted molar refractivity (Wildman–Crippen MR) is 132 cm³/mol. The summed E-state index contributed by atoms with van der Waals surface area (Å²) in [5.74, 6) is -0.0930. The summed E-state index contributed by atoms with van der Waals surface area (Å²) in [5.41, 5.74) is 3.33. The monoisotopic (exact) mass is 484 g/mol. The summed E-state index contributed by atoms with van der Waals surface area (Å²) in [6.07, 6.45) is 3.39. The number of rotatable bonds is 6. The lowest BCUT2D eigenvalue weighted by Gasteiger charge is -2.39. The molecule has 3 aromatic heterocycles. The van der Waals surface area contributed by atoms with Crippen LogP contribution in [-0.2, 0) is 4.74 Å². The van der Waals surface area contributed by atoms with Crippen LogP contribution in [0.2, 0.25) is 0 Å². The summed E-state index contributed by atoms with van der Waals surface area (Å²) in [7, 11) is 0. The van der Waals surface area contributed by atoms with Crippen LogP contribution in [0.15, 0.2) is 42.0 Å². The first-order valence-corrected chi connectivity index (χ1v) is 12.7. The van der Waals surface area contributed by atoms with Crippen molar-refractivity contribution in [2.45, 2.75) is 26.8 Å². The number of carbonyl (C=O) groups excluding carboxylic acids is 2. The second-order valence-electron chi connectivity index (χ2n) is 7.87.